The number of piperidine rings is 1. The first-order valence-electron chi connectivity index (χ1n) is 6.98. The van der Waals surface area contributed by atoms with E-state index in [1.54, 1.807) is 0 Å². The van der Waals surface area contributed by atoms with Crippen molar-refractivity contribution in [3.05, 3.63) is 34.3 Å². The van der Waals surface area contributed by atoms with Gasteiger partial charge in [-0.25, -0.2) is 0 Å². The summed E-state index contributed by atoms with van der Waals surface area (Å²) >= 11 is 3.40. The molecule has 0 aromatic heterocycles. The lowest BCUT2D eigenvalue weighted by molar-refractivity contribution is -0.185. The summed E-state index contributed by atoms with van der Waals surface area (Å²) in [5.41, 5.74) is 1.28. The van der Waals surface area contributed by atoms with E-state index in [1.807, 2.05) is 12.1 Å². The zero-order valence-corrected chi connectivity index (χ0v) is 12.9. The third-order valence-corrected chi connectivity index (χ3v) is 4.43. The van der Waals surface area contributed by atoms with E-state index in [0.717, 1.165) is 23.9 Å². The quantitative estimate of drug-likeness (QED) is 0.764. The lowest BCUT2D eigenvalue weighted by Gasteiger charge is -2.32. The van der Waals surface area contributed by atoms with Crippen LogP contribution in [0, 0.1) is 5.92 Å². The van der Waals surface area contributed by atoms with Crippen LogP contribution in [-0.2, 0) is 6.42 Å². The van der Waals surface area contributed by atoms with Crippen molar-refractivity contribution in [2.45, 2.75) is 31.9 Å². The highest BCUT2D eigenvalue weighted by atomic mass is 79.9. The van der Waals surface area contributed by atoms with Crippen molar-refractivity contribution in [2.24, 2.45) is 5.92 Å². The first kappa shape index (κ1) is 15.8. The number of aryl methyl sites for hydroxylation is 1. The van der Waals surface area contributed by atoms with Crippen LogP contribution in [0.25, 0.3) is 0 Å². The monoisotopic (exact) mass is 349 g/mol. The summed E-state index contributed by atoms with van der Waals surface area (Å²) < 4.78 is 38.7. The van der Waals surface area contributed by atoms with Gasteiger partial charge in [-0.1, -0.05) is 28.1 Å². The Morgan fingerprint density at radius 3 is 2.25 bits per heavy atom. The second-order valence-electron chi connectivity index (χ2n) is 5.39. The van der Waals surface area contributed by atoms with E-state index in [4.69, 9.17) is 0 Å². The molecular weight excluding hydrogens is 331 g/mol. The third-order valence-electron chi connectivity index (χ3n) is 3.90. The highest BCUT2D eigenvalue weighted by molar-refractivity contribution is 9.10. The first-order chi connectivity index (χ1) is 9.45. The molecule has 0 amide bonds. The highest BCUT2D eigenvalue weighted by Gasteiger charge is 2.40. The molecule has 20 heavy (non-hydrogen) atoms. The molecule has 1 saturated heterocycles. The van der Waals surface area contributed by atoms with Crippen LogP contribution in [0.5, 0.6) is 0 Å². The minimum Gasteiger partial charge on any atom is -0.303 e. The second-order valence-corrected chi connectivity index (χ2v) is 6.30. The van der Waals surface area contributed by atoms with Crippen molar-refractivity contribution in [3.63, 3.8) is 0 Å². The molecule has 0 atom stereocenters. The molecule has 0 unspecified atom stereocenters. The zero-order chi connectivity index (χ0) is 14.6. The van der Waals surface area contributed by atoms with E-state index in [1.165, 1.54) is 5.56 Å². The molecule has 1 aliphatic rings. The maximum absolute atomic E-state index is 12.6. The van der Waals surface area contributed by atoms with Crippen LogP contribution in [0.1, 0.15) is 24.8 Å². The van der Waals surface area contributed by atoms with E-state index < -0.39 is 12.1 Å². The van der Waals surface area contributed by atoms with Gasteiger partial charge < -0.3 is 4.90 Å². The molecule has 0 bridgehead atoms. The van der Waals surface area contributed by atoms with Gasteiger partial charge in [0.05, 0.1) is 5.92 Å². The normalized spacial score (nSPS) is 18.4. The molecule has 1 aliphatic heterocycles. The van der Waals surface area contributed by atoms with Gasteiger partial charge in [-0.3, -0.25) is 0 Å². The Hall–Kier alpha value is -0.550. The Morgan fingerprint density at radius 2 is 1.70 bits per heavy atom. The maximum atomic E-state index is 12.6. The summed E-state index contributed by atoms with van der Waals surface area (Å²) in [6.07, 6.45) is -1.53. The van der Waals surface area contributed by atoms with Crippen LogP contribution in [0.4, 0.5) is 13.2 Å². The van der Waals surface area contributed by atoms with Crippen molar-refractivity contribution in [1.82, 2.24) is 4.90 Å². The topological polar surface area (TPSA) is 3.24 Å². The molecule has 0 saturated carbocycles. The lowest BCUT2D eigenvalue weighted by Crippen LogP contribution is -2.39. The van der Waals surface area contributed by atoms with Gasteiger partial charge in [-0.05, 0) is 63.0 Å². The molecule has 1 nitrogen and oxygen atoms in total. The largest absolute Gasteiger partial charge is 0.391 e. The third kappa shape index (κ3) is 4.77. The Balaban J connectivity index is 1.67. The second kappa shape index (κ2) is 6.94. The number of likely N-dealkylation sites (tertiary alicyclic amines) is 1. The highest BCUT2D eigenvalue weighted by Crippen LogP contribution is 2.34. The van der Waals surface area contributed by atoms with Gasteiger partial charge in [0.25, 0.3) is 0 Å². The summed E-state index contributed by atoms with van der Waals surface area (Å²) in [6, 6.07) is 8.20. The van der Waals surface area contributed by atoms with Gasteiger partial charge in [0.15, 0.2) is 0 Å². The molecule has 2 rings (SSSR count). The molecule has 1 aromatic carbocycles. The molecule has 1 heterocycles. The minimum absolute atomic E-state index is 0.252. The average molecular weight is 350 g/mol. The summed E-state index contributed by atoms with van der Waals surface area (Å²) in [7, 11) is 0. The number of nitrogens with zero attached hydrogens (tertiary/aromatic N) is 1. The SMILES string of the molecule is FC(F)(F)C1CCN(CCCc2ccc(Br)cc2)CC1. The van der Waals surface area contributed by atoms with Gasteiger partial charge in [0, 0.05) is 4.47 Å². The van der Waals surface area contributed by atoms with Crippen molar-refractivity contribution in [2.75, 3.05) is 19.6 Å². The molecule has 0 spiro atoms. The number of alkyl halides is 3. The molecule has 5 heteroatoms. The Labute approximate surface area is 126 Å². The Kier molecular flexibility index (Phi) is 5.49. The van der Waals surface area contributed by atoms with Crippen LogP contribution < -0.4 is 0 Å². The van der Waals surface area contributed by atoms with Gasteiger partial charge in [0.1, 0.15) is 0 Å². The fraction of sp³-hybridized carbons (Fsp3) is 0.600. The number of hydrogen-bond acceptors (Lipinski definition) is 1. The van der Waals surface area contributed by atoms with E-state index in [9.17, 15) is 13.2 Å². The molecule has 0 aliphatic carbocycles. The predicted octanol–water partition coefficient (Wildman–Crippen LogP) is 4.66. The summed E-state index contributed by atoms with van der Waals surface area (Å²) in [6.45, 7) is 2.04. The van der Waals surface area contributed by atoms with Crippen LogP contribution in [-0.4, -0.2) is 30.7 Å². The maximum Gasteiger partial charge on any atom is 0.391 e. The van der Waals surface area contributed by atoms with Crippen molar-refractivity contribution >= 4 is 15.9 Å². The van der Waals surface area contributed by atoms with Crippen molar-refractivity contribution in [3.8, 4) is 0 Å². The number of benzene rings is 1. The first-order valence-corrected chi connectivity index (χ1v) is 7.78. The smallest absolute Gasteiger partial charge is 0.303 e. The van der Waals surface area contributed by atoms with E-state index in [0.29, 0.717) is 13.1 Å². The number of halogens is 4. The minimum atomic E-state index is -4.01. The molecule has 1 fully saturated rings. The van der Waals surface area contributed by atoms with Gasteiger partial charge >= 0.3 is 6.18 Å². The van der Waals surface area contributed by atoms with Crippen LogP contribution in [0.2, 0.25) is 0 Å². The van der Waals surface area contributed by atoms with E-state index >= 15 is 0 Å². The summed E-state index contributed by atoms with van der Waals surface area (Å²) in [5, 5.41) is 0. The van der Waals surface area contributed by atoms with Gasteiger partial charge in [-0.2, -0.15) is 13.2 Å². The molecule has 0 N–H and O–H groups in total. The fourth-order valence-corrected chi connectivity index (χ4v) is 2.91. The van der Waals surface area contributed by atoms with E-state index in [-0.39, 0.29) is 12.8 Å². The lowest BCUT2D eigenvalue weighted by atomic mass is 9.96. The van der Waals surface area contributed by atoms with E-state index in [2.05, 4.69) is 33.0 Å². The van der Waals surface area contributed by atoms with Crippen LogP contribution in [0.15, 0.2) is 28.7 Å². The van der Waals surface area contributed by atoms with Gasteiger partial charge in [-0.15, -0.1) is 0 Å². The van der Waals surface area contributed by atoms with Crippen molar-refractivity contribution in [1.29, 1.82) is 0 Å². The standard InChI is InChI=1S/C15H19BrF3N/c16-14-5-3-12(4-6-14)2-1-9-20-10-7-13(8-11-20)15(17,18)19/h3-6,13H,1-2,7-11H2. The van der Waals surface area contributed by atoms with Crippen LogP contribution >= 0.6 is 15.9 Å². The molecule has 0 radical (unpaired) electrons. The van der Waals surface area contributed by atoms with Gasteiger partial charge in [0.2, 0.25) is 0 Å². The number of rotatable bonds is 4. The Bertz CT molecular complexity index is 408. The summed E-state index contributed by atoms with van der Waals surface area (Å²) in [4.78, 5) is 2.15. The van der Waals surface area contributed by atoms with Crippen molar-refractivity contribution < 1.29 is 13.2 Å². The summed E-state index contributed by atoms with van der Waals surface area (Å²) in [5.74, 6) is -1.09. The number of hydrogen-bond donors (Lipinski definition) is 0. The molecule has 112 valence electrons. The Morgan fingerprint density at radius 1 is 1.10 bits per heavy atom. The molecular formula is C15H19BrF3N. The zero-order valence-electron chi connectivity index (χ0n) is 11.3. The molecule has 1 aromatic rings. The van der Waals surface area contributed by atoms with Crippen LogP contribution in [0.3, 0.4) is 0 Å². The fourth-order valence-electron chi connectivity index (χ4n) is 2.64. The average Bonchev–Trinajstić information content (AvgIpc) is 2.41. The predicted molar refractivity (Wildman–Crippen MR) is 77.7 cm³/mol.